The van der Waals surface area contributed by atoms with Crippen molar-refractivity contribution in [2.75, 3.05) is 13.2 Å². The minimum atomic E-state index is 0.109. The molecule has 2 aliphatic rings. The number of fused-ring (bicyclic) bond motifs is 1. The first kappa shape index (κ1) is 17.0. The van der Waals surface area contributed by atoms with Crippen molar-refractivity contribution in [3.63, 3.8) is 0 Å². The van der Waals surface area contributed by atoms with Gasteiger partial charge in [0, 0.05) is 18.0 Å². The Labute approximate surface area is 154 Å². The first-order valence-electron chi connectivity index (χ1n) is 9.20. The van der Waals surface area contributed by atoms with Gasteiger partial charge in [0.05, 0.1) is 6.54 Å². The van der Waals surface area contributed by atoms with Crippen LogP contribution in [0.15, 0.2) is 36.4 Å². The van der Waals surface area contributed by atoms with E-state index in [1.165, 1.54) is 0 Å². The molecule has 26 heavy (non-hydrogen) atoms. The number of nitrogens with zero attached hydrogens (tertiary/aromatic N) is 1. The maximum atomic E-state index is 12.8. The molecule has 1 saturated carbocycles. The van der Waals surface area contributed by atoms with Gasteiger partial charge in [0.1, 0.15) is 6.61 Å². The second-order valence-electron chi connectivity index (χ2n) is 8.15. The fourth-order valence-corrected chi connectivity index (χ4v) is 3.85. The number of hydrogen-bond donors (Lipinski definition) is 1. The average molecular weight is 351 g/mol. The van der Waals surface area contributed by atoms with Gasteiger partial charge in [0.15, 0.2) is 11.5 Å². The SMILES string of the molecule is Cc1ccccc1-c1cc(O)c2c(c1)CN(C(=O)[C@@H]1CC1(C)C)CCO2. The van der Waals surface area contributed by atoms with Gasteiger partial charge in [-0.25, -0.2) is 0 Å². The van der Waals surface area contributed by atoms with Gasteiger partial charge in [-0.3, -0.25) is 4.79 Å². The van der Waals surface area contributed by atoms with Gasteiger partial charge in [-0.15, -0.1) is 0 Å². The Morgan fingerprint density at radius 3 is 2.69 bits per heavy atom. The molecular formula is C22H25NO3. The van der Waals surface area contributed by atoms with Crippen LogP contribution >= 0.6 is 0 Å². The molecule has 1 amide bonds. The average Bonchev–Trinajstić information content (AvgIpc) is 3.29. The second kappa shape index (κ2) is 6.04. The molecule has 1 aliphatic heterocycles. The van der Waals surface area contributed by atoms with Gasteiger partial charge in [-0.1, -0.05) is 38.1 Å². The Morgan fingerprint density at radius 1 is 1.27 bits per heavy atom. The van der Waals surface area contributed by atoms with E-state index in [4.69, 9.17) is 4.74 Å². The van der Waals surface area contributed by atoms with Gasteiger partial charge in [-0.2, -0.15) is 0 Å². The molecule has 4 rings (SSSR count). The summed E-state index contributed by atoms with van der Waals surface area (Å²) in [7, 11) is 0. The number of rotatable bonds is 2. The standard InChI is InChI=1S/C22H25NO3/c1-14-6-4-5-7-17(14)15-10-16-13-23(21(25)18-12-22(18,2)3)8-9-26-20(16)19(24)11-15/h4-7,10-11,18,24H,8-9,12-13H2,1-3H3/t18-/m0/s1. The van der Waals surface area contributed by atoms with Crippen LogP contribution in [0.4, 0.5) is 0 Å². The molecular weight excluding hydrogens is 326 g/mol. The molecule has 0 bridgehead atoms. The van der Waals surface area contributed by atoms with Crippen LogP contribution in [-0.4, -0.2) is 29.1 Å². The Morgan fingerprint density at radius 2 is 2.00 bits per heavy atom. The van der Waals surface area contributed by atoms with Gasteiger partial charge in [0.25, 0.3) is 0 Å². The highest BCUT2D eigenvalue weighted by atomic mass is 16.5. The van der Waals surface area contributed by atoms with Crippen LogP contribution in [0, 0.1) is 18.3 Å². The fraction of sp³-hybridized carbons (Fsp3) is 0.409. The number of phenolic OH excluding ortho intramolecular Hbond substituents is 1. The first-order chi connectivity index (χ1) is 12.4. The zero-order valence-electron chi connectivity index (χ0n) is 15.6. The van der Waals surface area contributed by atoms with Crippen molar-refractivity contribution in [3.8, 4) is 22.6 Å². The molecule has 1 atom stereocenters. The van der Waals surface area contributed by atoms with E-state index in [9.17, 15) is 9.90 Å². The molecule has 0 unspecified atom stereocenters. The molecule has 136 valence electrons. The molecule has 2 aromatic rings. The molecule has 1 aliphatic carbocycles. The van der Waals surface area contributed by atoms with Crippen molar-refractivity contribution in [1.82, 2.24) is 4.90 Å². The molecule has 0 aromatic heterocycles. The van der Waals surface area contributed by atoms with Crippen molar-refractivity contribution in [2.45, 2.75) is 33.7 Å². The predicted molar refractivity (Wildman–Crippen MR) is 101 cm³/mol. The summed E-state index contributed by atoms with van der Waals surface area (Å²) in [5, 5.41) is 10.5. The molecule has 0 radical (unpaired) electrons. The third-order valence-electron chi connectivity index (χ3n) is 5.69. The largest absolute Gasteiger partial charge is 0.504 e. The summed E-state index contributed by atoms with van der Waals surface area (Å²) < 4.78 is 5.79. The molecule has 0 saturated heterocycles. The number of amides is 1. The Hall–Kier alpha value is -2.49. The minimum absolute atomic E-state index is 0.109. The summed E-state index contributed by atoms with van der Waals surface area (Å²) in [5.74, 6) is 0.957. The molecule has 2 aromatic carbocycles. The monoisotopic (exact) mass is 351 g/mol. The normalized spacial score (nSPS) is 20.7. The number of benzene rings is 2. The Bertz CT molecular complexity index is 872. The Balaban J connectivity index is 1.68. The maximum absolute atomic E-state index is 12.8. The molecule has 1 N–H and O–H groups in total. The number of aryl methyl sites for hydroxylation is 1. The topological polar surface area (TPSA) is 49.8 Å². The lowest BCUT2D eigenvalue weighted by atomic mass is 9.97. The highest BCUT2D eigenvalue weighted by molar-refractivity contribution is 5.83. The van der Waals surface area contributed by atoms with E-state index >= 15 is 0 Å². The zero-order valence-corrected chi connectivity index (χ0v) is 15.6. The third kappa shape index (κ3) is 2.94. The summed E-state index contributed by atoms with van der Waals surface area (Å²) in [6, 6.07) is 11.9. The van der Waals surface area contributed by atoms with Gasteiger partial charge in [-0.05, 0) is 47.6 Å². The van der Waals surface area contributed by atoms with Crippen LogP contribution in [0.3, 0.4) is 0 Å². The highest BCUT2D eigenvalue weighted by Gasteiger charge is 2.52. The summed E-state index contributed by atoms with van der Waals surface area (Å²) in [6.45, 7) is 7.77. The third-order valence-corrected chi connectivity index (χ3v) is 5.69. The van der Waals surface area contributed by atoms with Crippen LogP contribution in [0.5, 0.6) is 11.5 Å². The van der Waals surface area contributed by atoms with E-state index in [1.54, 1.807) is 6.07 Å². The number of ether oxygens (including phenoxy) is 1. The van der Waals surface area contributed by atoms with Crippen LogP contribution in [0.2, 0.25) is 0 Å². The van der Waals surface area contributed by atoms with Gasteiger partial charge < -0.3 is 14.7 Å². The van der Waals surface area contributed by atoms with Crippen LogP contribution < -0.4 is 4.74 Å². The summed E-state index contributed by atoms with van der Waals surface area (Å²) in [4.78, 5) is 14.7. The lowest BCUT2D eigenvalue weighted by molar-refractivity contribution is -0.134. The van der Waals surface area contributed by atoms with Crippen molar-refractivity contribution < 1.29 is 14.6 Å². The molecule has 0 spiro atoms. The van der Waals surface area contributed by atoms with Crippen molar-refractivity contribution >= 4 is 5.91 Å². The minimum Gasteiger partial charge on any atom is -0.504 e. The lowest BCUT2D eigenvalue weighted by Crippen LogP contribution is -2.34. The molecule has 1 heterocycles. The van der Waals surface area contributed by atoms with E-state index < -0.39 is 0 Å². The predicted octanol–water partition coefficient (Wildman–Crippen LogP) is 4.13. The van der Waals surface area contributed by atoms with Crippen LogP contribution in [0.1, 0.15) is 31.4 Å². The maximum Gasteiger partial charge on any atom is 0.226 e. The van der Waals surface area contributed by atoms with Crippen LogP contribution in [-0.2, 0) is 11.3 Å². The quantitative estimate of drug-likeness (QED) is 0.885. The van der Waals surface area contributed by atoms with E-state index in [0.29, 0.717) is 25.4 Å². The number of phenols is 1. The number of hydrogen-bond acceptors (Lipinski definition) is 3. The van der Waals surface area contributed by atoms with Crippen molar-refractivity contribution in [1.29, 1.82) is 0 Å². The van der Waals surface area contributed by atoms with Crippen LogP contribution in [0.25, 0.3) is 11.1 Å². The highest BCUT2D eigenvalue weighted by Crippen LogP contribution is 2.52. The summed E-state index contributed by atoms with van der Waals surface area (Å²) >= 11 is 0. The molecule has 4 heteroatoms. The first-order valence-corrected chi connectivity index (χ1v) is 9.20. The van der Waals surface area contributed by atoms with E-state index in [0.717, 1.165) is 28.7 Å². The number of carbonyl (C=O) groups excluding carboxylic acids is 1. The molecule has 4 nitrogen and oxygen atoms in total. The Kier molecular flexibility index (Phi) is 3.94. The van der Waals surface area contributed by atoms with E-state index in [2.05, 4.69) is 26.8 Å². The number of carbonyl (C=O) groups is 1. The number of aromatic hydroxyl groups is 1. The zero-order chi connectivity index (χ0) is 18.5. The van der Waals surface area contributed by atoms with Crippen molar-refractivity contribution in [2.24, 2.45) is 11.3 Å². The molecule has 1 fully saturated rings. The van der Waals surface area contributed by atoms with Gasteiger partial charge in [0.2, 0.25) is 5.91 Å². The summed E-state index contributed by atoms with van der Waals surface area (Å²) in [6.07, 6.45) is 0.949. The van der Waals surface area contributed by atoms with Gasteiger partial charge >= 0.3 is 0 Å². The second-order valence-corrected chi connectivity index (χ2v) is 8.15. The smallest absolute Gasteiger partial charge is 0.226 e. The fourth-order valence-electron chi connectivity index (χ4n) is 3.85. The lowest BCUT2D eigenvalue weighted by Gasteiger charge is -2.21. The van der Waals surface area contributed by atoms with Crippen molar-refractivity contribution in [3.05, 3.63) is 47.5 Å². The van der Waals surface area contributed by atoms with E-state index in [-0.39, 0.29) is 23.0 Å². The summed E-state index contributed by atoms with van der Waals surface area (Å²) in [5.41, 5.74) is 4.15. The van der Waals surface area contributed by atoms with E-state index in [1.807, 2.05) is 29.2 Å².